The second-order valence-electron chi connectivity index (χ2n) is 1.76. The molecule has 0 atom stereocenters. The van der Waals surface area contributed by atoms with Crippen LogP contribution < -0.4 is 0 Å². The van der Waals surface area contributed by atoms with Crippen LogP contribution in [0.4, 0.5) is 4.79 Å². The average molecular weight is 190 g/mol. The zero-order chi connectivity index (χ0) is 9.40. The van der Waals surface area contributed by atoms with E-state index in [1.807, 2.05) is 11.5 Å². The summed E-state index contributed by atoms with van der Waals surface area (Å²) in [7, 11) is 0. The Kier molecular flexibility index (Phi) is 6.18. The van der Waals surface area contributed by atoms with Crippen molar-refractivity contribution < 1.29 is 19.4 Å². The third-order valence-corrected chi connectivity index (χ3v) is 1.61. The van der Waals surface area contributed by atoms with Crippen molar-refractivity contribution in [2.45, 2.75) is 13.3 Å². The Morgan fingerprint density at radius 3 is 2.58 bits per heavy atom. The smallest absolute Gasteiger partial charge is 0.450 e. The Hall–Kier alpha value is -0.970. The van der Waals surface area contributed by atoms with Crippen molar-refractivity contribution in [1.29, 1.82) is 0 Å². The van der Waals surface area contributed by atoms with Gasteiger partial charge in [0.25, 0.3) is 0 Å². The van der Waals surface area contributed by atoms with E-state index in [4.69, 9.17) is 5.11 Å². The van der Waals surface area contributed by atoms with Crippen molar-refractivity contribution in [1.82, 2.24) is 0 Å². The summed E-state index contributed by atoms with van der Waals surface area (Å²) in [6.45, 7) is 1.85. The van der Waals surface area contributed by atoms with Crippen LogP contribution >= 0.6 is 11.8 Å². The van der Waals surface area contributed by atoms with Crippen LogP contribution in [-0.4, -0.2) is 23.0 Å². The van der Waals surface area contributed by atoms with E-state index < -0.39 is 6.16 Å². The number of hydrogen-bond donors (Lipinski definition) is 1. The van der Waals surface area contributed by atoms with Gasteiger partial charge in [0.2, 0.25) is 0 Å². The molecule has 0 amide bonds. The van der Waals surface area contributed by atoms with Gasteiger partial charge in [0, 0.05) is 6.42 Å². The van der Waals surface area contributed by atoms with Crippen LogP contribution in [0.15, 0.2) is 11.5 Å². The molecule has 5 heteroatoms. The second-order valence-corrected chi connectivity index (χ2v) is 2.73. The number of allylic oxidation sites excluding steroid dienone is 1. The molecule has 0 radical (unpaired) electrons. The van der Waals surface area contributed by atoms with Gasteiger partial charge in [0.15, 0.2) is 5.12 Å². The fourth-order valence-electron chi connectivity index (χ4n) is 0.440. The number of ether oxygens (including phenoxy) is 1. The van der Waals surface area contributed by atoms with Crippen LogP contribution in [0.2, 0.25) is 0 Å². The highest BCUT2D eigenvalue weighted by atomic mass is 32.2. The summed E-state index contributed by atoms with van der Waals surface area (Å²) < 4.78 is 3.96. The molecule has 1 aliphatic heterocycles. The molecule has 0 fully saturated rings. The van der Waals surface area contributed by atoms with Gasteiger partial charge in [-0.05, 0) is 12.3 Å². The maximum atomic E-state index is 10.1. The van der Waals surface area contributed by atoms with Gasteiger partial charge >= 0.3 is 6.16 Å². The zero-order valence-electron chi connectivity index (χ0n) is 6.65. The number of rotatable bonds is 1. The summed E-state index contributed by atoms with van der Waals surface area (Å²) in [5, 5.41) is 9.77. The lowest BCUT2D eigenvalue weighted by Crippen LogP contribution is -1.97. The highest BCUT2D eigenvalue weighted by Crippen LogP contribution is 2.14. The van der Waals surface area contributed by atoms with E-state index in [2.05, 4.69) is 4.74 Å². The SMILES string of the molecule is CCOC(=O)O.O=C1CC=CS1. The average Bonchev–Trinajstić information content (AvgIpc) is 2.40. The molecule has 0 saturated heterocycles. The summed E-state index contributed by atoms with van der Waals surface area (Å²) in [5.41, 5.74) is 0. The van der Waals surface area contributed by atoms with Gasteiger partial charge in [-0.25, -0.2) is 4.79 Å². The number of carbonyl (C=O) groups excluding carboxylic acids is 1. The summed E-state index contributed by atoms with van der Waals surface area (Å²) in [6, 6.07) is 0. The molecule has 1 aliphatic rings. The van der Waals surface area contributed by atoms with Gasteiger partial charge in [-0.1, -0.05) is 17.8 Å². The molecule has 0 spiro atoms. The first-order valence-electron chi connectivity index (χ1n) is 3.37. The standard InChI is InChI=1S/C4H4OS.C3H6O3/c5-4-2-1-3-6-4;1-2-6-3(4)5/h1,3H,2H2;2H2,1H3,(H,4,5). The van der Waals surface area contributed by atoms with Crippen LogP contribution in [0.5, 0.6) is 0 Å². The van der Waals surface area contributed by atoms with E-state index in [0.717, 1.165) is 0 Å². The molecule has 1 N–H and O–H groups in total. The predicted molar refractivity (Wildman–Crippen MR) is 46.0 cm³/mol. The topological polar surface area (TPSA) is 63.6 Å². The van der Waals surface area contributed by atoms with E-state index in [0.29, 0.717) is 6.42 Å². The molecule has 12 heavy (non-hydrogen) atoms. The molecule has 0 aromatic carbocycles. The van der Waals surface area contributed by atoms with E-state index in [1.54, 1.807) is 6.92 Å². The fraction of sp³-hybridized carbons (Fsp3) is 0.429. The lowest BCUT2D eigenvalue weighted by Gasteiger charge is -1.87. The Bertz CT molecular complexity index is 178. The molecule has 1 heterocycles. The number of carbonyl (C=O) groups is 2. The first kappa shape index (κ1) is 11.0. The lowest BCUT2D eigenvalue weighted by molar-refractivity contribution is -0.110. The van der Waals surface area contributed by atoms with Gasteiger partial charge in [-0.2, -0.15) is 0 Å². The van der Waals surface area contributed by atoms with Crippen molar-refractivity contribution in [3.8, 4) is 0 Å². The Labute approximate surface area is 74.6 Å². The maximum Gasteiger partial charge on any atom is 0.505 e. The Morgan fingerprint density at radius 1 is 1.83 bits per heavy atom. The molecule has 0 bridgehead atoms. The monoisotopic (exact) mass is 190 g/mol. The number of thioether (sulfide) groups is 1. The van der Waals surface area contributed by atoms with E-state index >= 15 is 0 Å². The second kappa shape index (κ2) is 6.72. The van der Waals surface area contributed by atoms with Crippen molar-refractivity contribution in [2.75, 3.05) is 6.61 Å². The lowest BCUT2D eigenvalue weighted by atomic mass is 10.5. The molecule has 0 aromatic heterocycles. The maximum absolute atomic E-state index is 10.1. The Balaban J connectivity index is 0.000000202. The van der Waals surface area contributed by atoms with Crippen LogP contribution in [0, 0.1) is 0 Å². The molecule has 1 rings (SSSR count). The summed E-state index contributed by atoms with van der Waals surface area (Å²) in [5.74, 6) is 0. The van der Waals surface area contributed by atoms with Crippen LogP contribution in [0.25, 0.3) is 0 Å². The minimum absolute atomic E-state index is 0.231. The third-order valence-electron chi connectivity index (χ3n) is 0.848. The van der Waals surface area contributed by atoms with Gasteiger partial charge in [-0.3, -0.25) is 4.79 Å². The van der Waals surface area contributed by atoms with E-state index in [1.165, 1.54) is 11.8 Å². The van der Waals surface area contributed by atoms with Crippen molar-refractivity contribution >= 4 is 23.0 Å². The molecule has 0 aliphatic carbocycles. The molecule has 68 valence electrons. The van der Waals surface area contributed by atoms with Crippen LogP contribution in [-0.2, 0) is 9.53 Å². The molecule has 0 saturated carbocycles. The van der Waals surface area contributed by atoms with Gasteiger partial charge in [-0.15, -0.1) is 0 Å². The third kappa shape index (κ3) is 7.14. The van der Waals surface area contributed by atoms with Gasteiger partial charge < -0.3 is 9.84 Å². The quantitative estimate of drug-likeness (QED) is 0.639. The predicted octanol–water partition coefficient (Wildman–Crippen LogP) is 1.86. The fourth-order valence-corrected chi connectivity index (χ4v) is 0.977. The van der Waals surface area contributed by atoms with Crippen LogP contribution in [0.1, 0.15) is 13.3 Å². The highest BCUT2D eigenvalue weighted by Gasteiger charge is 2.00. The van der Waals surface area contributed by atoms with Crippen LogP contribution in [0.3, 0.4) is 0 Å². The minimum atomic E-state index is -1.21. The van der Waals surface area contributed by atoms with Crippen molar-refractivity contribution in [3.05, 3.63) is 11.5 Å². The largest absolute Gasteiger partial charge is 0.505 e. The van der Waals surface area contributed by atoms with E-state index in [-0.39, 0.29) is 11.7 Å². The minimum Gasteiger partial charge on any atom is -0.450 e. The first-order chi connectivity index (χ1) is 5.66. The summed E-state index contributed by atoms with van der Waals surface area (Å²) in [6.07, 6.45) is 1.29. The molecule has 4 nitrogen and oxygen atoms in total. The van der Waals surface area contributed by atoms with Gasteiger partial charge in [0.1, 0.15) is 0 Å². The summed E-state index contributed by atoms with van der Waals surface area (Å²) in [4.78, 5) is 19.5. The number of carboxylic acid groups (broad SMARTS) is 1. The molecule has 0 unspecified atom stereocenters. The zero-order valence-corrected chi connectivity index (χ0v) is 7.47. The Morgan fingerprint density at radius 2 is 2.50 bits per heavy atom. The van der Waals surface area contributed by atoms with Gasteiger partial charge in [0.05, 0.1) is 6.61 Å². The first-order valence-corrected chi connectivity index (χ1v) is 4.25. The van der Waals surface area contributed by atoms with Crippen molar-refractivity contribution in [3.63, 3.8) is 0 Å². The van der Waals surface area contributed by atoms with Crippen molar-refractivity contribution in [2.24, 2.45) is 0 Å². The molecular formula is C7H10O4S. The van der Waals surface area contributed by atoms with E-state index in [9.17, 15) is 9.59 Å². The molecule has 0 aromatic rings. The molecular weight excluding hydrogens is 180 g/mol. The summed E-state index contributed by atoms with van der Waals surface area (Å²) >= 11 is 1.28. The highest BCUT2D eigenvalue weighted by molar-refractivity contribution is 8.16. The number of hydrogen-bond acceptors (Lipinski definition) is 4. The normalized spacial score (nSPS) is 13.6.